The maximum Gasteiger partial charge on any atom is 0.320 e. The van der Waals surface area contributed by atoms with Crippen molar-refractivity contribution in [2.45, 2.75) is 0 Å². The molecule has 0 aromatic carbocycles. The SMILES string of the molecule is CN(C)CC(=O)OCCN1CCOCC1. The molecule has 0 radical (unpaired) electrons. The van der Waals surface area contributed by atoms with Crippen LogP contribution in [0.15, 0.2) is 0 Å². The molecule has 5 nitrogen and oxygen atoms in total. The first-order chi connectivity index (χ1) is 7.18. The molecular weight excluding hydrogens is 196 g/mol. The summed E-state index contributed by atoms with van der Waals surface area (Å²) in [5.74, 6) is -0.159. The zero-order valence-corrected chi connectivity index (χ0v) is 9.57. The topological polar surface area (TPSA) is 42.0 Å². The molecule has 0 bridgehead atoms. The van der Waals surface area contributed by atoms with Gasteiger partial charge >= 0.3 is 5.97 Å². The highest BCUT2D eigenvalue weighted by atomic mass is 16.5. The Morgan fingerprint density at radius 2 is 2.07 bits per heavy atom. The third-order valence-corrected chi connectivity index (χ3v) is 2.22. The van der Waals surface area contributed by atoms with E-state index in [0.717, 1.165) is 32.8 Å². The number of hydrogen-bond acceptors (Lipinski definition) is 5. The summed E-state index contributed by atoms with van der Waals surface area (Å²) in [6, 6.07) is 0. The predicted molar refractivity (Wildman–Crippen MR) is 56.8 cm³/mol. The lowest BCUT2D eigenvalue weighted by molar-refractivity contribution is -0.144. The predicted octanol–water partition coefficient (Wildman–Crippen LogP) is -0.577. The van der Waals surface area contributed by atoms with Gasteiger partial charge in [-0.3, -0.25) is 14.6 Å². The monoisotopic (exact) mass is 216 g/mol. The highest BCUT2D eigenvalue weighted by Gasteiger charge is 2.10. The van der Waals surface area contributed by atoms with E-state index in [0.29, 0.717) is 13.2 Å². The molecule has 0 aromatic rings. The van der Waals surface area contributed by atoms with Crippen molar-refractivity contribution >= 4 is 5.97 Å². The summed E-state index contributed by atoms with van der Waals surface area (Å²) in [6.45, 7) is 5.08. The first-order valence-electron chi connectivity index (χ1n) is 5.29. The van der Waals surface area contributed by atoms with Gasteiger partial charge in [-0.2, -0.15) is 0 Å². The molecule has 1 heterocycles. The van der Waals surface area contributed by atoms with Gasteiger partial charge in [0.25, 0.3) is 0 Å². The molecular formula is C10H20N2O3. The minimum absolute atomic E-state index is 0.159. The first-order valence-corrected chi connectivity index (χ1v) is 5.29. The summed E-state index contributed by atoms with van der Waals surface area (Å²) >= 11 is 0. The summed E-state index contributed by atoms with van der Waals surface area (Å²) in [5, 5.41) is 0. The number of hydrogen-bond donors (Lipinski definition) is 0. The molecule has 1 rings (SSSR count). The fourth-order valence-electron chi connectivity index (χ4n) is 1.42. The molecule has 1 saturated heterocycles. The minimum atomic E-state index is -0.159. The Morgan fingerprint density at radius 1 is 1.40 bits per heavy atom. The van der Waals surface area contributed by atoms with Crippen LogP contribution >= 0.6 is 0 Å². The Bertz CT molecular complexity index is 191. The van der Waals surface area contributed by atoms with E-state index in [1.54, 1.807) is 4.90 Å². The van der Waals surface area contributed by atoms with Gasteiger partial charge in [0.05, 0.1) is 19.8 Å². The lowest BCUT2D eigenvalue weighted by Crippen LogP contribution is -2.38. The molecule has 0 N–H and O–H groups in total. The van der Waals surface area contributed by atoms with Crippen LogP contribution in [0.25, 0.3) is 0 Å². The van der Waals surface area contributed by atoms with Gasteiger partial charge in [0, 0.05) is 19.6 Å². The number of rotatable bonds is 5. The first kappa shape index (κ1) is 12.4. The second-order valence-electron chi connectivity index (χ2n) is 3.91. The van der Waals surface area contributed by atoms with Crippen molar-refractivity contribution in [3.05, 3.63) is 0 Å². The van der Waals surface area contributed by atoms with Crippen molar-refractivity contribution in [1.29, 1.82) is 0 Å². The fourth-order valence-corrected chi connectivity index (χ4v) is 1.42. The Hall–Kier alpha value is -0.650. The van der Waals surface area contributed by atoms with E-state index < -0.39 is 0 Å². The molecule has 0 spiro atoms. The normalized spacial score (nSPS) is 18.1. The summed E-state index contributed by atoms with van der Waals surface area (Å²) in [6.07, 6.45) is 0. The van der Waals surface area contributed by atoms with E-state index in [1.165, 1.54) is 0 Å². The van der Waals surface area contributed by atoms with Gasteiger partial charge in [-0.05, 0) is 14.1 Å². The number of carbonyl (C=O) groups excluding carboxylic acids is 1. The van der Waals surface area contributed by atoms with E-state index >= 15 is 0 Å². The van der Waals surface area contributed by atoms with Crippen LogP contribution in [0.5, 0.6) is 0 Å². The van der Waals surface area contributed by atoms with Gasteiger partial charge in [0.1, 0.15) is 6.61 Å². The average molecular weight is 216 g/mol. The largest absolute Gasteiger partial charge is 0.463 e. The third-order valence-electron chi connectivity index (χ3n) is 2.22. The average Bonchev–Trinajstić information content (AvgIpc) is 2.18. The van der Waals surface area contributed by atoms with Crippen molar-refractivity contribution < 1.29 is 14.3 Å². The quantitative estimate of drug-likeness (QED) is 0.575. The molecule has 0 atom stereocenters. The van der Waals surface area contributed by atoms with E-state index in [-0.39, 0.29) is 5.97 Å². The van der Waals surface area contributed by atoms with Gasteiger partial charge in [-0.25, -0.2) is 0 Å². The number of morpholine rings is 1. The smallest absolute Gasteiger partial charge is 0.320 e. The summed E-state index contributed by atoms with van der Waals surface area (Å²) in [4.78, 5) is 15.2. The van der Waals surface area contributed by atoms with Crippen molar-refractivity contribution in [3.63, 3.8) is 0 Å². The molecule has 1 aliphatic heterocycles. The Balaban J connectivity index is 2.02. The number of nitrogens with zero attached hydrogens (tertiary/aromatic N) is 2. The fraction of sp³-hybridized carbons (Fsp3) is 0.900. The zero-order chi connectivity index (χ0) is 11.1. The maximum atomic E-state index is 11.2. The number of ether oxygens (including phenoxy) is 2. The van der Waals surface area contributed by atoms with Gasteiger partial charge in [0.2, 0.25) is 0 Å². The van der Waals surface area contributed by atoms with Gasteiger partial charge < -0.3 is 9.47 Å². The van der Waals surface area contributed by atoms with E-state index in [1.807, 2.05) is 14.1 Å². The molecule has 0 unspecified atom stereocenters. The highest BCUT2D eigenvalue weighted by molar-refractivity contribution is 5.71. The number of esters is 1. The van der Waals surface area contributed by atoms with Crippen LogP contribution in [0.4, 0.5) is 0 Å². The van der Waals surface area contributed by atoms with Crippen LogP contribution in [0.3, 0.4) is 0 Å². The molecule has 0 saturated carbocycles. The standard InChI is InChI=1S/C10H20N2O3/c1-11(2)9-10(13)15-8-5-12-3-6-14-7-4-12/h3-9H2,1-2H3. The van der Waals surface area contributed by atoms with Crippen LogP contribution in [0.2, 0.25) is 0 Å². The van der Waals surface area contributed by atoms with Crippen molar-refractivity contribution in [2.24, 2.45) is 0 Å². The Kier molecular flexibility index (Phi) is 5.60. The zero-order valence-electron chi connectivity index (χ0n) is 9.57. The molecule has 0 aromatic heterocycles. The molecule has 1 fully saturated rings. The molecule has 0 amide bonds. The lowest BCUT2D eigenvalue weighted by Gasteiger charge is -2.26. The van der Waals surface area contributed by atoms with Gasteiger partial charge in [-0.1, -0.05) is 0 Å². The minimum Gasteiger partial charge on any atom is -0.463 e. The molecule has 15 heavy (non-hydrogen) atoms. The molecule has 1 aliphatic rings. The van der Waals surface area contributed by atoms with Crippen LogP contribution in [0, 0.1) is 0 Å². The molecule has 0 aliphatic carbocycles. The second kappa shape index (κ2) is 6.76. The summed E-state index contributed by atoms with van der Waals surface area (Å²) in [5.41, 5.74) is 0. The van der Waals surface area contributed by atoms with E-state index in [9.17, 15) is 4.79 Å². The Labute approximate surface area is 90.9 Å². The lowest BCUT2D eigenvalue weighted by atomic mass is 10.4. The van der Waals surface area contributed by atoms with Gasteiger partial charge in [-0.15, -0.1) is 0 Å². The van der Waals surface area contributed by atoms with Crippen molar-refractivity contribution in [2.75, 3.05) is 60.1 Å². The van der Waals surface area contributed by atoms with Crippen LogP contribution in [-0.2, 0) is 14.3 Å². The van der Waals surface area contributed by atoms with Crippen LogP contribution < -0.4 is 0 Å². The van der Waals surface area contributed by atoms with Crippen molar-refractivity contribution in [3.8, 4) is 0 Å². The summed E-state index contributed by atoms with van der Waals surface area (Å²) < 4.78 is 10.3. The third kappa shape index (κ3) is 5.71. The van der Waals surface area contributed by atoms with E-state index in [2.05, 4.69) is 4.90 Å². The highest BCUT2D eigenvalue weighted by Crippen LogP contribution is 1.96. The number of carbonyl (C=O) groups is 1. The van der Waals surface area contributed by atoms with Crippen LogP contribution in [-0.4, -0.2) is 75.9 Å². The Morgan fingerprint density at radius 3 is 2.67 bits per heavy atom. The maximum absolute atomic E-state index is 11.2. The molecule has 88 valence electrons. The second-order valence-corrected chi connectivity index (χ2v) is 3.91. The van der Waals surface area contributed by atoms with Crippen LogP contribution in [0.1, 0.15) is 0 Å². The number of likely N-dealkylation sites (N-methyl/N-ethyl adjacent to an activating group) is 1. The summed E-state index contributed by atoms with van der Waals surface area (Å²) in [7, 11) is 3.70. The molecule has 5 heteroatoms. The van der Waals surface area contributed by atoms with E-state index in [4.69, 9.17) is 9.47 Å². The van der Waals surface area contributed by atoms with Crippen molar-refractivity contribution in [1.82, 2.24) is 9.80 Å². The van der Waals surface area contributed by atoms with Gasteiger partial charge in [0.15, 0.2) is 0 Å².